The minimum absolute atomic E-state index is 0.655. The highest BCUT2D eigenvalue weighted by molar-refractivity contribution is 5.76. The molecule has 2 saturated heterocycles. The largest absolute Gasteiger partial charge is 0.480 e. The number of carbonyl (C=O) groups is 4. The predicted octanol–water partition coefficient (Wildman–Crippen LogP) is -6.47. The van der Waals surface area contributed by atoms with Crippen LogP contribution in [0.15, 0.2) is 0 Å². The minimum atomic E-state index is -2.78. The van der Waals surface area contributed by atoms with Crippen molar-refractivity contribution >= 4 is 23.8 Å². The highest BCUT2D eigenvalue weighted by Gasteiger charge is 2.57. The normalized spacial score (nSPS) is 36.0. The molecule has 5 unspecified atom stereocenters. The first kappa shape index (κ1) is 34.6. The van der Waals surface area contributed by atoms with Crippen molar-refractivity contribution in [3.8, 4) is 0 Å². The first-order valence-electron chi connectivity index (χ1n) is 12.4. The summed E-state index contributed by atoms with van der Waals surface area (Å²) in [5.41, 5.74) is 5.42. The number of carbonyl (C=O) groups excluding carboxylic acids is 2. The summed E-state index contributed by atoms with van der Waals surface area (Å²) in [5.74, 6) is -7.43. The van der Waals surface area contributed by atoms with Crippen LogP contribution in [0.25, 0.3) is 0 Å². The van der Waals surface area contributed by atoms with Gasteiger partial charge in [-0.3, -0.25) is 14.4 Å². The minimum Gasteiger partial charge on any atom is -0.480 e. The van der Waals surface area contributed by atoms with Crippen LogP contribution in [0.1, 0.15) is 20.3 Å². The average molecular weight is 600 g/mol. The summed E-state index contributed by atoms with van der Waals surface area (Å²) in [5, 5.41) is 85.1. The van der Waals surface area contributed by atoms with Crippen molar-refractivity contribution in [3.05, 3.63) is 0 Å². The lowest BCUT2D eigenvalue weighted by molar-refractivity contribution is -0.330. The van der Waals surface area contributed by atoms with Crippen molar-refractivity contribution in [1.82, 2.24) is 10.6 Å². The van der Waals surface area contributed by atoms with Crippen molar-refractivity contribution in [2.45, 2.75) is 93.2 Å². The number of amides is 2. The molecule has 0 aromatic rings. The van der Waals surface area contributed by atoms with E-state index in [0.29, 0.717) is 0 Å². The maximum atomic E-state index is 12.3. The quantitative estimate of drug-likeness (QED) is 0.0937. The van der Waals surface area contributed by atoms with E-state index in [1.807, 2.05) is 0 Å². The molecule has 0 bridgehead atoms. The van der Waals surface area contributed by atoms with E-state index in [2.05, 4.69) is 10.6 Å². The number of hydrogen-bond donors (Lipinski definition) is 11. The summed E-state index contributed by atoms with van der Waals surface area (Å²) in [4.78, 5) is 46.6. The summed E-state index contributed by atoms with van der Waals surface area (Å²) in [6, 6.07) is -4.40. The average Bonchev–Trinajstić information content (AvgIpc) is 2.89. The fourth-order valence-electron chi connectivity index (χ4n) is 4.36. The second-order valence-corrected chi connectivity index (χ2v) is 9.72. The number of carboxylic acid groups (broad SMARTS) is 2. The lowest BCUT2D eigenvalue weighted by Gasteiger charge is -2.47. The van der Waals surface area contributed by atoms with Gasteiger partial charge in [-0.05, 0) is 0 Å². The lowest BCUT2D eigenvalue weighted by Crippen LogP contribution is -2.69. The van der Waals surface area contributed by atoms with E-state index < -0.39 is 123 Å². The molecular formula is C22H37N3O16. The number of nitrogens with two attached hydrogens (primary N) is 1. The molecule has 41 heavy (non-hydrogen) atoms. The van der Waals surface area contributed by atoms with Crippen LogP contribution < -0.4 is 16.4 Å². The predicted molar refractivity (Wildman–Crippen MR) is 128 cm³/mol. The van der Waals surface area contributed by atoms with Crippen molar-refractivity contribution in [2.24, 2.45) is 5.73 Å². The number of rotatable bonds is 13. The first-order chi connectivity index (χ1) is 19.0. The van der Waals surface area contributed by atoms with Gasteiger partial charge in [-0.15, -0.1) is 0 Å². The SMILES string of the molecule is CC(=O)NC1C(O)[C@@H](O)C(CO[C@]2(C(=O)O)CC(O)[C@@H](NC(C)=O)C([C@H](O)[C@H](O)CO)O2)O[C@@H]1OC[C@H](N)C(=O)O. The van der Waals surface area contributed by atoms with Gasteiger partial charge in [0.2, 0.25) is 11.8 Å². The molecule has 2 rings (SSSR count). The molecule has 0 radical (unpaired) electrons. The van der Waals surface area contributed by atoms with Crippen LogP contribution in [0.2, 0.25) is 0 Å². The Labute approximate surface area is 232 Å². The molecule has 19 nitrogen and oxygen atoms in total. The van der Waals surface area contributed by atoms with Crippen LogP contribution >= 0.6 is 0 Å². The molecule has 0 spiro atoms. The zero-order valence-corrected chi connectivity index (χ0v) is 22.1. The molecule has 2 aliphatic rings. The summed E-state index contributed by atoms with van der Waals surface area (Å²) in [6.07, 6.45) is -15.2. The summed E-state index contributed by atoms with van der Waals surface area (Å²) in [6.45, 7) is -0.378. The Morgan fingerprint density at radius 3 is 2.12 bits per heavy atom. The fourth-order valence-corrected chi connectivity index (χ4v) is 4.36. The number of aliphatic carboxylic acids is 2. The second kappa shape index (κ2) is 14.6. The monoisotopic (exact) mass is 599 g/mol. The Balaban J connectivity index is 2.31. The third kappa shape index (κ3) is 8.49. The molecule has 12 N–H and O–H groups in total. The topological polar surface area (TPSA) is 317 Å². The Hall–Kier alpha value is -2.56. The standard InChI is InChI=1S/C22H37N3O16/c1-7(27)24-13-10(29)3-22(21(36)37,41-18(13)15(31)11(30)4-26)39-6-12-16(32)17(33)14(25-8(2)28)20(40-12)38-5-9(23)19(34)35/h9-18,20,26,29-33H,3-6,23H2,1-2H3,(H,24,27)(H,25,28)(H,34,35)(H,36,37)/t9-,10?,11+,12?,13+,14?,15+,16-,17?,18?,20-,22+/m0/s1. The van der Waals surface area contributed by atoms with Crippen molar-refractivity contribution in [3.63, 3.8) is 0 Å². The van der Waals surface area contributed by atoms with E-state index in [4.69, 9.17) is 29.8 Å². The summed E-state index contributed by atoms with van der Waals surface area (Å²) >= 11 is 0. The van der Waals surface area contributed by atoms with Crippen LogP contribution in [0, 0.1) is 0 Å². The van der Waals surface area contributed by atoms with E-state index >= 15 is 0 Å². The van der Waals surface area contributed by atoms with Crippen LogP contribution in [0.4, 0.5) is 0 Å². The number of carboxylic acids is 2. The van der Waals surface area contributed by atoms with Crippen LogP contribution in [-0.2, 0) is 38.1 Å². The molecule has 19 heteroatoms. The maximum Gasteiger partial charge on any atom is 0.364 e. The van der Waals surface area contributed by atoms with Gasteiger partial charge in [-0.2, -0.15) is 0 Å². The molecule has 2 amide bonds. The van der Waals surface area contributed by atoms with E-state index in [0.717, 1.165) is 13.8 Å². The van der Waals surface area contributed by atoms with Crippen LogP contribution in [-0.4, -0.2) is 157 Å². The Kier molecular flexibility index (Phi) is 12.3. The van der Waals surface area contributed by atoms with Gasteiger partial charge in [0, 0.05) is 20.3 Å². The Morgan fingerprint density at radius 1 is 1.02 bits per heavy atom. The molecule has 0 aliphatic carbocycles. The number of aliphatic hydroxyl groups is 6. The summed E-state index contributed by atoms with van der Waals surface area (Å²) in [7, 11) is 0. The molecule has 0 aromatic heterocycles. The van der Waals surface area contributed by atoms with Gasteiger partial charge < -0.3 is 76.2 Å². The molecule has 0 saturated carbocycles. The first-order valence-corrected chi connectivity index (χ1v) is 12.4. The van der Waals surface area contributed by atoms with Crippen molar-refractivity contribution < 1.29 is 79.0 Å². The van der Waals surface area contributed by atoms with Crippen LogP contribution in [0.3, 0.4) is 0 Å². The van der Waals surface area contributed by atoms with Gasteiger partial charge in [0.25, 0.3) is 5.79 Å². The van der Waals surface area contributed by atoms with Gasteiger partial charge in [-0.1, -0.05) is 0 Å². The zero-order chi connectivity index (χ0) is 31.2. The number of aliphatic hydroxyl groups excluding tert-OH is 6. The van der Waals surface area contributed by atoms with Crippen molar-refractivity contribution in [1.29, 1.82) is 0 Å². The molecule has 12 atom stereocenters. The molecule has 2 heterocycles. The second-order valence-electron chi connectivity index (χ2n) is 9.72. The summed E-state index contributed by atoms with van der Waals surface area (Å²) < 4.78 is 21.8. The molecular weight excluding hydrogens is 562 g/mol. The third-order valence-corrected chi connectivity index (χ3v) is 6.50. The molecule has 236 valence electrons. The zero-order valence-electron chi connectivity index (χ0n) is 22.1. The van der Waals surface area contributed by atoms with E-state index in [1.54, 1.807) is 0 Å². The van der Waals surface area contributed by atoms with Gasteiger partial charge >= 0.3 is 11.9 Å². The Morgan fingerprint density at radius 2 is 1.61 bits per heavy atom. The lowest BCUT2D eigenvalue weighted by atomic mass is 9.88. The maximum absolute atomic E-state index is 12.3. The van der Waals surface area contributed by atoms with E-state index in [-0.39, 0.29) is 0 Å². The molecule has 0 aromatic carbocycles. The smallest absolute Gasteiger partial charge is 0.364 e. The highest BCUT2D eigenvalue weighted by Crippen LogP contribution is 2.34. The molecule has 2 fully saturated rings. The number of ether oxygens (including phenoxy) is 4. The van der Waals surface area contributed by atoms with Gasteiger partial charge in [0.05, 0.1) is 32.0 Å². The number of nitrogens with one attached hydrogen (secondary N) is 2. The highest BCUT2D eigenvalue weighted by atomic mass is 16.7. The van der Waals surface area contributed by atoms with Gasteiger partial charge in [0.1, 0.15) is 48.7 Å². The van der Waals surface area contributed by atoms with E-state index in [9.17, 15) is 54.9 Å². The van der Waals surface area contributed by atoms with Gasteiger partial charge in [-0.25, -0.2) is 4.79 Å². The molecule has 2 aliphatic heterocycles. The fraction of sp³-hybridized carbons (Fsp3) is 0.818. The van der Waals surface area contributed by atoms with E-state index in [1.165, 1.54) is 0 Å². The van der Waals surface area contributed by atoms with Gasteiger partial charge in [0.15, 0.2) is 6.29 Å². The number of hydrogen-bond acceptors (Lipinski definition) is 15. The third-order valence-electron chi connectivity index (χ3n) is 6.50. The van der Waals surface area contributed by atoms with Crippen molar-refractivity contribution in [2.75, 3.05) is 19.8 Å². The Bertz CT molecular complexity index is 941. The van der Waals surface area contributed by atoms with Crippen LogP contribution in [0.5, 0.6) is 0 Å².